The molecule has 1 aromatic rings. The quantitative estimate of drug-likeness (QED) is 0.582. The fraction of sp³-hybridized carbons (Fsp3) is 0.500. The maximum atomic E-state index is 12.0. The van der Waals surface area contributed by atoms with Crippen LogP contribution in [0.5, 0.6) is 0 Å². The molecule has 1 atom stereocenters. The van der Waals surface area contributed by atoms with Gasteiger partial charge in [-0.25, -0.2) is 9.59 Å². The number of hydrogen-bond acceptors (Lipinski definition) is 3. The number of carbonyl (C=O) groups excluding carboxylic acids is 2. The van der Waals surface area contributed by atoms with E-state index in [1.54, 1.807) is 12.1 Å². The van der Waals surface area contributed by atoms with Gasteiger partial charge >= 0.3 is 12.1 Å². The lowest BCUT2D eigenvalue weighted by Gasteiger charge is -2.27. The van der Waals surface area contributed by atoms with E-state index in [0.717, 1.165) is 31.2 Å². The number of nitrogens with two attached hydrogens (primary N) is 1. The number of urea groups is 2. The number of amides is 4. The van der Waals surface area contributed by atoms with Crippen LogP contribution in [0.3, 0.4) is 0 Å². The van der Waals surface area contributed by atoms with Crippen molar-refractivity contribution in [1.29, 1.82) is 0 Å². The van der Waals surface area contributed by atoms with Gasteiger partial charge in [0.15, 0.2) is 0 Å². The summed E-state index contributed by atoms with van der Waals surface area (Å²) in [6.07, 6.45) is 2.83. The molecule has 2 rings (SSSR count). The van der Waals surface area contributed by atoms with Gasteiger partial charge in [0.25, 0.3) is 0 Å². The van der Waals surface area contributed by atoms with Gasteiger partial charge in [-0.05, 0) is 50.3 Å². The van der Waals surface area contributed by atoms with Crippen LogP contribution in [0.1, 0.15) is 44.2 Å². The molecule has 0 bridgehead atoms. The molecule has 1 saturated carbocycles. The Kier molecular flexibility index (Phi) is 5.81. The molecule has 0 unspecified atom stereocenters. The smallest absolute Gasteiger partial charge is 0.316 e. The van der Waals surface area contributed by atoms with Crippen LogP contribution in [0, 0.1) is 0 Å². The maximum absolute atomic E-state index is 12.0. The van der Waals surface area contributed by atoms with E-state index in [9.17, 15) is 14.7 Å². The lowest BCUT2D eigenvalue weighted by atomic mass is 9.93. The Labute approximate surface area is 135 Å². The Morgan fingerprint density at radius 1 is 1.17 bits per heavy atom. The van der Waals surface area contributed by atoms with E-state index in [2.05, 4.69) is 16.0 Å². The normalized spacial score (nSPS) is 22.0. The summed E-state index contributed by atoms with van der Waals surface area (Å²) in [5.41, 5.74) is 6.59. The van der Waals surface area contributed by atoms with Crippen molar-refractivity contribution in [3.63, 3.8) is 0 Å². The maximum Gasteiger partial charge on any atom is 0.316 e. The first-order chi connectivity index (χ1) is 10.9. The Hall–Kier alpha value is -2.28. The molecular formula is C16H24N4O3. The van der Waals surface area contributed by atoms with Crippen molar-refractivity contribution < 1.29 is 14.7 Å². The predicted molar refractivity (Wildman–Crippen MR) is 88.0 cm³/mol. The van der Waals surface area contributed by atoms with Gasteiger partial charge in [0, 0.05) is 11.7 Å². The third kappa shape index (κ3) is 5.45. The minimum absolute atomic E-state index is 0.118. The van der Waals surface area contributed by atoms with E-state index in [0.29, 0.717) is 5.69 Å². The summed E-state index contributed by atoms with van der Waals surface area (Å²) in [4.78, 5) is 22.8. The van der Waals surface area contributed by atoms with Gasteiger partial charge in [-0.3, -0.25) is 0 Å². The van der Waals surface area contributed by atoms with Gasteiger partial charge in [0.05, 0.1) is 12.1 Å². The molecule has 23 heavy (non-hydrogen) atoms. The van der Waals surface area contributed by atoms with Crippen molar-refractivity contribution in [3.05, 3.63) is 29.8 Å². The van der Waals surface area contributed by atoms with Gasteiger partial charge in [-0.15, -0.1) is 0 Å². The summed E-state index contributed by atoms with van der Waals surface area (Å²) >= 11 is 0. The second kappa shape index (κ2) is 7.82. The minimum atomic E-state index is -0.610. The second-order valence-corrected chi connectivity index (χ2v) is 5.96. The lowest BCUT2D eigenvalue weighted by molar-refractivity contribution is 0.117. The SMILES string of the molecule is C[C@H](NC(=O)NC1CCC(O)CC1)c1ccc(NC(N)=O)cc1. The average Bonchev–Trinajstić information content (AvgIpc) is 2.49. The zero-order valence-electron chi connectivity index (χ0n) is 13.2. The summed E-state index contributed by atoms with van der Waals surface area (Å²) < 4.78 is 0. The number of benzene rings is 1. The second-order valence-electron chi connectivity index (χ2n) is 5.96. The molecule has 0 spiro atoms. The van der Waals surface area contributed by atoms with E-state index in [4.69, 9.17) is 5.73 Å². The van der Waals surface area contributed by atoms with Gasteiger partial charge in [-0.1, -0.05) is 12.1 Å². The largest absolute Gasteiger partial charge is 0.393 e. The molecule has 7 nitrogen and oxygen atoms in total. The van der Waals surface area contributed by atoms with Crippen LogP contribution in [0.2, 0.25) is 0 Å². The van der Waals surface area contributed by atoms with Crippen LogP contribution in [0.25, 0.3) is 0 Å². The lowest BCUT2D eigenvalue weighted by Crippen LogP contribution is -2.44. The topological polar surface area (TPSA) is 116 Å². The molecule has 1 aromatic carbocycles. The number of nitrogens with one attached hydrogen (secondary N) is 3. The highest BCUT2D eigenvalue weighted by Gasteiger charge is 2.21. The number of carbonyl (C=O) groups is 2. The molecule has 1 aliphatic carbocycles. The summed E-state index contributed by atoms with van der Waals surface area (Å²) in [6.45, 7) is 1.89. The van der Waals surface area contributed by atoms with Crippen LogP contribution in [0.15, 0.2) is 24.3 Å². The monoisotopic (exact) mass is 320 g/mol. The first-order valence-corrected chi connectivity index (χ1v) is 7.85. The third-order valence-corrected chi connectivity index (χ3v) is 4.06. The molecular weight excluding hydrogens is 296 g/mol. The first-order valence-electron chi connectivity index (χ1n) is 7.85. The van der Waals surface area contributed by atoms with E-state index in [-0.39, 0.29) is 24.2 Å². The van der Waals surface area contributed by atoms with Crippen LogP contribution < -0.4 is 21.7 Å². The summed E-state index contributed by atoms with van der Waals surface area (Å²) in [5, 5.41) is 17.8. The van der Waals surface area contributed by atoms with Crippen LogP contribution in [-0.2, 0) is 0 Å². The van der Waals surface area contributed by atoms with E-state index >= 15 is 0 Å². The van der Waals surface area contributed by atoms with Gasteiger partial charge in [0.2, 0.25) is 0 Å². The van der Waals surface area contributed by atoms with Crippen molar-refractivity contribution in [2.45, 2.75) is 50.8 Å². The molecule has 0 heterocycles. The first kappa shape index (κ1) is 17.1. The van der Waals surface area contributed by atoms with Crippen LogP contribution in [0.4, 0.5) is 15.3 Å². The van der Waals surface area contributed by atoms with Gasteiger partial charge in [0.1, 0.15) is 0 Å². The van der Waals surface area contributed by atoms with Gasteiger partial charge < -0.3 is 26.8 Å². The molecule has 0 radical (unpaired) electrons. The molecule has 4 amide bonds. The van der Waals surface area contributed by atoms with Gasteiger partial charge in [-0.2, -0.15) is 0 Å². The number of anilines is 1. The molecule has 1 fully saturated rings. The number of aliphatic hydroxyl groups excluding tert-OH is 1. The molecule has 6 N–H and O–H groups in total. The van der Waals surface area contributed by atoms with Crippen molar-refractivity contribution >= 4 is 17.7 Å². The molecule has 0 aliphatic heterocycles. The molecule has 0 aromatic heterocycles. The Morgan fingerprint density at radius 2 is 1.78 bits per heavy atom. The Morgan fingerprint density at radius 3 is 2.35 bits per heavy atom. The Balaban J connectivity index is 1.82. The molecule has 7 heteroatoms. The fourth-order valence-corrected chi connectivity index (χ4v) is 2.72. The summed E-state index contributed by atoms with van der Waals surface area (Å²) in [5.74, 6) is 0. The van der Waals surface area contributed by atoms with Crippen molar-refractivity contribution in [2.24, 2.45) is 5.73 Å². The van der Waals surface area contributed by atoms with E-state index in [1.165, 1.54) is 0 Å². The summed E-state index contributed by atoms with van der Waals surface area (Å²) in [7, 11) is 0. The Bertz CT molecular complexity index is 539. The molecule has 1 aliphatic rings. The number of primary amides is 1. The predicted octanol–water partition coefficient (Wildman–Crippen LogP) is 1.84. The summed E-state index contributed by atoms with van der Waals surface area (Å²) in [6, 6.07) is 6.26. The average molecular weight is 320 g/mol. The number of hydrogen-bond donors (Lipinski definition) is 5. The molecule has 0 saturated heterocycles. The molecule has 126 valence electrons. The highest BCUT2D eigenvalue weighted by atomic mass is 16.3. The van der Waals surface area contributed by atoms with E-state index in [1.807, 2.05) is 19.1 Å². The fourth-order valence-electron chi connectivity index (χ4n) is 2.72. The van der Waals surface area contributed by atoms with Crippen LogP contribution in [-0.4, -0.2) is 29.3 Å². The van der Waals surface area contributed by atoms with Crippen molar-refractivity contribution in [2.75, 3.05) is 5.32 Å². The zero-order valence-corrected chi connectivity index (χ0v) is 13.2. The highest BCUT2D eigenvalue weighted by molar-refractivity contribution is 5.87. The van der Waals surface area contributed by atoms with Crippen LogP contribution >= 0.6 is 0 Å². The highest BCUT2D eigenvalue weighted by Crippen LogP contribution is 2.19. The number of rotatable bonds is 4. The zero-order chi connectivity index (χ0) is 16.8. The van der Waals surface area contributed by atoms with E-state index < -0.39 is 6.03 Å². The minimum Gasteiger partial charge on any atom is -0.393 e. The standard InChI is InChI=1S/C16H24N4O3/c1-10(11-2-4-12(5-3-11)19-15(17)22)18-16(23)20-13-6-8-14(21)9-7-13/h2-5,10,13-14,21H,6-9H2,1H3,(H3,17,19,22)(H2,18,20,23)/t10-,13?,14?/m0/s1. The van der Waals surface area contributed by atoms with Crippen molar-refractivity contribution in [1.82, 2.24) is 10.6 Å². The number of aliphatic hydroxyl groups is 1. The third-order valence-electron chi connectivity index (χ3n) is 4.06. The van der Waals surface area contributed by atoms with Crippen molar-refractivity contribution in [3.8, 4) is 0 Å².